The quantitative estimate of drug-likeness (QED) is 0.740. The highest BCUT2D eigenvalue weighted by molar-refractivity contribution is 5.86. The van der Waals surface area contributed by atoms with Gasteiger partial charge in [-0.05, 0) is 46.6 Å². The van der Waals surface area contributed by atoms with Gasteiger partial charge in [-0.3, -0.25) is 4.79 Å². The van der Waals surface area contributed by atoms with Crippen molar-refractivity contribution in [2.24, 2.45) is 0 Å². The first-order valence-electron chi connectivity index (χ1n) is 6.18. The Bertz CT molecular complexity index is 255. The predicted octanol–water partition coefficient (Wildman–Crippen LogP) is 1.94. The van der Waals surface area contributed by atoms with Gasteiger partial charge in [0.25, 0.3) is 0 Å². The first kappa shape index (κ1) is 13.2. The Kier molecular flexibility index (Phi) is 4.54. The zero-order valence-corrected chi connectivity index (χ0v) is 10.8. The first-order chi connectivity index (χ1) is 7.51. The summed E-state index contributed by atoms with van der Waals surface area (Å²) in [5, 5.41) is 3.36. The van der Waals surface area contributed by atoms with E-state index in [4.69, 9.17) is 0 Å². The van der Waals surface area contributed by atoms with Crippen LogP contribution < -0.4 is 5.32 Å². The highest BCUT2D eigenvalue weighted by Crippen LogP contribution is 2.22. The summed E-state index contributed by atoms with van der Waals surface area (Å²) in [7, 11) is 0. The molecule has 1 rings (SSSR count). The molecule has 0 radical (unpaired) electrons. The van der Waals surface area contributed by atoms with Crippen LogP contribution in [0.15, 0.2) is 12.7 Å². The number of carbonyl (C=O) groups is 1. The highest BCUT2D eigenvalue weighted by atomic mass is 16.2. The van der Waals surface area contributed by atoms with Crippen molar-refractivity contribution in [1.82, 2.24) is 10.2 Å². The van der Waals surface area contributed by atoms with Gasteiger partial charge in [-0.15, -0.1) is 6.58 Å². The summed E-state index contributed by atoms with van der Waals surface area (Å²) in [5.41, 5.74) is -0.370. The summed E-state index contributed by atoms with van der Waals surface area (Å²) in [6, 6.07) is 0.228. The Balaban J connectivity index is 2.75. The normalized spacial score (nSPS) is 25.5. The van der Waals surface area contributed by atoms with Crippen LogP contribution in [0.4, 0.5) is 0 Å². The van der Waals surface area contributed by atoms with Gasteiger partial charge in [-0.2, -0.15) is 0 Å². The van der Waals surface area contributed by atoms with Crippen LogP contribution >= 0.6 is 0 Å². The average molecular weight is 224 g/mol. The summed E-state index contributed by atoms with van der Waals surface area (Å²) in [5.74, 6) is 0.210. The summed E-state index contributed by atoms with van der Waals surface area (Å²) in [4.78, 5) is 14.4. The Morgan fingerprint density at radius 1 is 1.56 bits per heavy atom. The Morgan fingerprint density at radius 2 is 2.25 bits per heavy atom. The molecule has 3 heteroatoms. The maximum absolute atomic E-state index is 12.5. The molecule has 1 N–H and O–H groups in total. The molecule has 0 bridgehead atoms. The van der Waals surface area contributed by atoms with Crippen molar-refractivity contribution in [1.29, 1.82) is 0 Å². The van der Waals surface area contributed by atoms with Crippen LogP contribution in [0.3, 0.4) is 0 Å². The fourth-order valence-electron chi connectivity index (χ4n) is 2.22. The summed E-state index contributed by atoms with van der Waals surface area (Å²) in [6.07, 6.45) is 5.04. The third-order valence-electron chi connectivity index (χ3n) is 3.30. The minimum Gasteiger partial charge on any atom is -0.335 e. The molecule has 1 saturated heterocycles. The molecule has 0 aromatic heterocycles. The van der Waals surface area contributed by atoms with E-state index in [1.54, 1.807) is 6.08 Å². The first-order valence-corrected chi connectivity index (χ1v) is 6.18. The van der Waals surface area contributed by atoms with E-state index in [9.17, 15) is 4.79 Å². The van der Waals surface area contributed by atoms with Crippen LogP contribution in [-0.4, -0.2) is 35.5 Å². The number of amides is 1. The van der Waals surface area contributed by atoms with Crippen LogP contribution in [-0.2, 0) is 4.79 Å². The van der Waals surface area contributed by atoms with E-state index in [-0.39, 0.29) is 17.5 Å². The number of nitrogens with zero attached hydrogens (tertiary/aromatic N) is 1. The summed E-state index contributed by atoms with van der Waals surface area (Å²) >= 11 is 0. The molecule has 92 valence electrons. The van der Waals surface area contributed by atoms with E-state index < -0.39 is 0 Å². The fraction of sp³-hybridized carbons (Fsp3) is 0.769. The Morgan fingerprint density at radius 3 is 2.69 bits per heavy atom. The van der Waals surface area contributed by atoms with Gasteiger partial charge < -0.3 is 10.2 Å². The van der Waals surface area contributed by atoms with Crippen molar-refractivity contribution in [2.45, 2.75) is 51.6 Å². The maximum atomic E-state index is 12.5. The van der Waals surface area contributed by atoms with Crippen LogP contribution in [0.2, 0.25) is 0 Å². The van der Waals surface area contributed by atoms with Crippen molar-refractivity contribution in [2.75, 3.05) is 13.1 Å². The molecule has 1 fully saturated rings. The predicted molar refractivity (Wildman–Crippen MR) is 67.3 cm³/mol. The molecule has 1 amide bonds. The molecule has 0 spiro atoms. The van der Waals surface area contributed by atoms with Crippen LogP contribution in [0.25, 0.3) is 0 Å². The molecule has 0 aromatic carbocycles. The molecule has 16 heavy (non-hydrogen) atoms. The topological polar surface area (TPSA) is 32.3 Å². The van der Waals surface area contributed by atoms with Crippen molar-refractivity contribution < 1.29 is 4.79 Å². The summed E-state index contributed by atoms with van der Waals surface area (Å²) in [6.45, 7) is 11.4. The SMILES string of the molecule is C=CCN(C(=O)C1(C)CCCCN1)C(C)C. The lowest BCUT2D eigenvalue weighted by Gasteiger charge is -2.39. The van der Waals surface area contributed by atoms with Crippen molar-refractivity contribution in [3.8, 4) is 0 Å². The Labute approximate surface area is 98.9 Å². The van der Waals surface area contributed by atoms with Gasteiger partial charge in [0.05, 0.1) is 5.54 Å². The molecule has 1 heterocycles. The lowest BCUT2D eigenvalue weighted by molar-refractivity contribution is -0.139. The number of nitrogens with one attached hydrogen (secondary N) is 1. The van der Waals surface area contributed by atoms with Crippen LogP contribution in [0, 0.1) is 0 Å². The second kappa shape index (κ2) is 5.48. The lowest BCUT2D eigenvalue weighted by atomic mass is 9.89. The van der Waals surface area contributed by atoms with Crippen molar-refractivity contribution >= 4 is 5.91 Å². The molecule has 1 aliphatic heterocycles. The monoisotopic (exact) mass is 224 g/mol. The van der Waals surface area contributed by atoms with E-state index in [1.165, 1.54) is 6.42 Å². The molecule has 3 nitrogen and oxygen atoms in total. The van der Waals surface area contributed by atoms with Crippen molar-refractivity contribution in [3.63, 3.8) is 0 Å². The second-order valence-corrected chi connectivity index (χ2v) is 5.06. The zero-order valence-electron chi connectivity index (χ0n) is 10.8. The minimum absolute atomic E-state index is 0.210. The molecule has 0 aliphatic carbocycles. The van der Waals surface area contributed by atoms with Gasteiger partial charge in [0.1, 0.15) is 0 Å². The standard InChI is InChI=1S/C13H24N2O/c1-5-10-15(11(2)3)12(16)13(4)8-6-7-9-14-13/h5,11,14H,1,6-10H2,2-4H3. The van der Waals surface area contributed by atoms with Crippen LogP contribution in [0.5, 0.6) is 0 Å². The van der Waals surface area contributed by atoms with Gasteiger partial charge in [-0.1, -0.05) is 6.08 Å². The van der Waals surface area contributed by atoms with Crippen molar-refractivity contribution in [3.05, 3.63) is 12.7 Å². The van der Waals surface area contributed by atoms with E-state index in [0.717, 1.165) is 19.4 Å². The van der Waals surface area contributed by atoms with E-state index in [0.29, 0.717) is 6.54 Å². The van der Waals surface area contributed by atoms with E-state index >= 15 is 0 Å². The van der Waals surface area contributed by atoms with Crippen LogP contribution in [0.1, 0.15) is 40.0 Å². The van der Waals surface area contributed by atoms with Gasteiger partial charge in [0, 0.05) is 12.6 Å². The average Bonchev–Trinajstić information content (AvgIpc) is 2.25. The third-order valence-corrected chi connectivity index (χ3v) is 3.30. The second-order valence-electron chi connectivity index (χ2n) is 5.06. The number of carbonyl (C=O) groups excluding carboxylic acids is 1. The van der Waals surface area contributed by atoms with Gasteiger partial charge >= 0.3 is 0 Å². The Hall–Kier alpha value is -0.830. The van der Waals surface area contributed by atoms with Gasteiger partial charge in [0.2, 0.25) is 5.91 Å². The number of hydrogen-bond acceptors (Lipinski definition) is 2. The molecule has 1 unspecified atom stereocenters. The minimum atomic E-state index is -0.370. The molecule has 0 saturated carbocycles. The van der Waals surface area contributed by atoms with E-state index in [1.807, 2.05) is 25.7 Å². The zero-order chi connectivity index (χ0) is 12.2. The van der Waals surface area contributed by atoms with Gasteiger partial charge in [-0.25, -0.2) is 0 Å². The molecule has 1 aliphatic rings. The molecule has 0 aromatic rings. The molecular formula is C13H24N2O. The lowest BCUT2D eigenvalue weighted by Crippen LogP contribution is -2.59. The molecular weight excluding hydrogens is 200 g/mol. The number of piperidine rings is 1. The molecule has 1 atom stereocenters. The van der Waals surface area contributed by atoms with Gasteiger partial charge in [0.15, 0.2) is 0 Å². The number of rotatable bonds is 4. The largest absolute Gasteiger partial charge is 0.335 e. The smallest absolute Gasteiger partial charge is 0.243 e. The third kappa shape index (κ3) is 2.85. The maximum Gasteiger partial charge on any atom is 0.243 e. The van der Waals surface area contributed by atoms with E-state index in [2.05, 4.69) is 11.9 Å². The fourth-order valence-corrected chi connectivity index (χ4v) is 2.22. The summed E-state index contributed by atoms with van der Waals surface area (Å²) < 4.78 is 0. The number of hydrogen-bond donors (Lipinski definition) is 1. The highest BCUT2D eigenvalue weighted by Gasteiger charge is 2.37.